The Kier molecular flexibility index (Phi) is 56.0. The second-order valence-electron chi connectivity index (χ2n) is 24.7. The molecule has 3 N–H and O–H groups in total. The van der Waals surface area contributed by atoms with E-state index in [0.29, 0.717) is 31.6 Å². The number of esters is 4. The van der Waals surface area contributed by atoms with Crippen LogP contribution < -0.4 is 0 Å². The standard InChI is InChI=1S/C67H126O17P2/c1-8-10-11-12-13-14-15-16-17-18-19-22-25-34-41-48-64(69)77-54-63(84-67(72)51-44-37-29-27-32-39-46-59(5)6)57-82-86(75,76)80-53-61(68)52-79-85(73,74)81-56-62(55-78-65(70)49-42-35-30-28-33-40-47-60(7)9-2)83-66(71)50-43-36-26-23-20-21-24-31-38-45-58(3)4/h14-17,58-63,68H,8-13,18-57H2,1-7H3,(H,73,74)(H,75,76)/b15-14-,17-16-/t60?,61-,62+,63+/m0/s1. The minimum atomic E-state index is -4.95. The highest BCUT2D eigenvalue weighted by molar-refractivity contribution is 7.47. The molecule has 17 nitrogen and oxygen atoms in total. The maximum Gasteiger partial charge on any atom is 0.472 e. The minimum absolute atomic E-state index is 0.0947. The third-order valence-corrected chi connectivity index (χ3v) is 17.0. The van der Waals surface area contributed by atoms with Gasteiger partial charge >= 0.3 is 39.5 Å². The zero-order valence-electron chi connectivity index (χ0n) is 55.3. The van der Waals surface area contributed by atoms with Crippen molar-refractivity contribution in [3.05, 3.63) is 24.3 Å². The van der Waals surface area contributed by atoms with Gasteiger partial charge in [-0.2, -0.15) is 0 Å². The summed E-state index contributed by atoms with van der Waals surface area (Å²) in [4.78, 5) is 72.3. The van der Waals surface area contributed by atoms with Crippen LogP contribution in [0.15, 0.2) is 24.3 Å². The van der Waals surface area contributed by atoms with Crippen LogP contribution in [0.2, 0.25) is 0 Å². The average molecular weight is 1270 g/mol. The Morgan fingerprint density at radius 2 is 0.686 bits per heavy atom. The van der Waals surface area contributed by atoms with Crippen LogP contribution in [0.3, 0.4) is 0 Å². The van der Waals surface area contributed by atoms with Crippen molar-refractivity contribution in [1.82, 2.24) is 0 Å². The van der Waals surface area contributed by atoms with Gasteiger partial charge in [-0.1, -0.05) is 253 Å². The lowest BCUT2D eigenvalue weighted by atomic mass is 10.00. The number of carbonyl (C=O) groups is 4. The topological polar surface area (TPSA) is 237 Å². The quantitative estimate of drug-likeness (QED) is 0.0169. The second kappa shape index (κ2) is 57.7. The number of allylic oxidation sites excluding steroid dienone is 4. The van der Waals surface area contributed by atoms with Gasteiger partial charge in [0.15, 0.2) is 12.2 Å². The van der Waals surface area contributed by atoms with E-state index in [9.17, 15) is 43.2 Å². The van der Waals surface area contributed by atoms with Gasteiger partial charge in [0.2, 0.25) is 0 Å². The molecule has 0 radical (unpaired) electrons. The molecule has 0 aliphatic carbocycles. The largest absolute Gasteiger partial charge is 0.472 e. The predicted octanol–water partition coefficient (Wildman–Crippen LogP) is 18.2. The summed E-state index contributed by atoms with van der Waals surface area (Å²) < 4.78 is 68.0. The molecule has 6 atom stereocenters. The molecule has 0 fully saturated rings. The van der Waals surface area contributed by atoms with E-state index in [-0.39, 0.29) is 25.7 Å². The maximum atomic E-state index is 13.0. The number of ether oxygens (including phenoxy) is 4. The van der Waals surface area contributed by atoms with E-state index in [1.807, 2.05) is 0 Å². The molecule has 506 valence electrons. The first-order chi connectivity index (χ1) is 41.3. The summed E-state index contributed by atoms with van der Waals surface area (Å²) in [6.07, 6.45) is 42.8. The molecule has 86 heavy (non-hydrogen) atoms. The van der Waals surface area contributed by atoms with Crippen molar-refractivity contribution >= 4 is 39.5 Å². The fraction of sp³-hybridized carbons (Fsp3) is 0.881. The zero-order chi connectivity index (χ0) is 63.8. The summed E-state index contributed by atoms with van der Waals surface area (Å²) in [5.74, 6) is -0.0380. The van der Waals surface area contributed by atoms with Crippen molar-refractivity contribution in [2.75, 3.05) is 39.6 Å². The molecule has 0 aliphatic heterocycles. The van der Waals surface area contributed by atoms with Crippen molar-refractivity contribution in [2.24, 2.45) is 17.8 Å². The Hall–Kier alpha value is -2.46. The predicted molar refractivity (Wildman–Crippen MR) is 344 cm³/mol. The molecule has 0 bridgehead atoms. The minimum Gasteiger partial charge on any atom is -0.462 e. The molecule has 3 unspecified atom stereocenters. The molecule has 0 aromatic heterocycles. The molecule has 0 aliphatic rings. The summed E-state index contributed by atoms with van der Waals surface area (Å²) >= 11 is 0. The Labute approximate surface area is 522 Å². The van der Waals surface area contributed by atoms with E-state index in [0.717, 1.165) is 127 Å². The van der Waals surface area contributed by atoms with Crippen molar-refractivity contribution in [1.29, 1.82) is 0 Å². The summed E-state index contributed by atoms with van der Waals surface area (Å²) in [7, 11) is -9.90. The van der Waals surface area contributed by atoms with E-state index in [1.54, 1.807) is 0 Å². The molecular formula is C67H126O17P2. The van der Waals surface area contributed by atoms with E-state index >= 15 is 0 Å². The van der Waals surface area contributed by atoms with E-state index in [1.165, 1.54) is 89.9 Å². The molecule has 0 heterocycles. The first kappa shape index (κ1) is 83.5. The number of aliphatic hydroxyl groups excluding tert-OH is 1. The van der Waals surface area contributed by atoms with E-state index < -0.39 is 97.5 Å². The molecule has 0 rings (SSSR count). The summed E-state index contributed by atoms with van der Waals surface area (Å²) in [6, 6.07) is 0. The first-order valence-corrected chi connectivity index (χ1v) is 37.2. The van der Waals surface area contributed by atoms with Gasteiger partial charge in [-0.3, -0.25) is 37.3 Å². The molecule has 0 spiro atoms. The third-order valence-electron chi connectivity index (χ3n) is 15.1. The van der Waals surface area contributed by atoms with Crippen LogP contribution in [0.1, 0.15) is 305 Å². The van der Waals surface area contributed by atoms with Crippen LogP contribution in [0.25, 0.3) is 0 Å². The van der Waals surface area contributed by atoms with Crippen LogP contribution in [-0.4, -0.2) is 96.7 Å². The molecule has 0 saturated heterocycles. The van der Waals surface area contributed by atoms with Gasteiger partial charge in [-0.05, 0) is 69.1 Å². The summed E-state index contributed by atoms with van der Waals surface area (Å²) in [5, 5.41) is 10.5. The number of aliphatic hydroxyl groups is 1. The average Bonchev–Trinajstić information content (AvgIpc) is 3.68. The normalized spacial score (nSPS) is 14.8. The Bertz CT molecular complexity index is 1790. The van der Waals surface area contributed by atoms with Gasteiger partial charge in [0.05, 0.1) is 26.4 Å². The van der Waals surface area contributed by atoms with Crippen molar-refractivity contribution in [3.8, 4) is 0 Å². The summed E-state index contributed by atoms with van der Waals surface area (Å²) in [5.41, 5.74) is 0. The number of phosphoric ester groups is 2. The highest BCUT2D eigenvalue weighted by Crippen LogP contribution is 2.45. The maximum absolute atomic E-state index is 13.0. The Morgan fingerprint density at radius 1 is 0.384 bits per heavy atom. The molecule has 0 aromatic carbocycles. The van der Waals surface area contributed by atoms with Crippen LogP contribution in [0.5, 0.6) is 0 Å². The van der Waals surface area contributed by atoms with Gasteiger partial charge in [-0.25, -0.2) is 9.13 Å². The lowest BCUT2D eigenvalue weighted by Crippen LogP contribution is -2.30. The third kappa shape index (κ3) is 59.2. The molecular weight excluding hydrogens is 1140 g/mol. The van der Waals surface area contributed by atoms with Crippen molar-refractivity contribution in [2.45, 2.75) is 324 Å². The fourth-order valence-electron chi connectivity index (χ4n) is 9.44. The lowest BCUT2D eigenvalue weighted by Gasteiger charge is -2.21. The number of phosphoric acid groups is 2. The molecule has 0 saturated carbocycles. The number of hydrogen-bond donors (Lipinski definition) is 3. The van der Waals surface area contributed by atoms with E-state index in [2.05, 4.69) is 72.8 Å². The van der Waals surface area contributed by atoms with Crippen LogP contribution in [0.4, 0.5) is 0 Å². The lowest BCUT2D eigenvalue weighted by molar-refractivity contribution is -0.161. The second-order valence-corrected chi connectivity index (χ2v) is 27.6. The van der Waals surface area contributed by atoms with Gasteiger partial charge in [-0.15, -0.1) is 0 Å². The van der Waals surface area contributed by atoms with Gasteiger partial charge in [0.1, 0.15) is 19.3 Å². The number of carbonyl (C=O) groups excluding carboxylic acids is 4. The van der Waals surface area contributed by atoms with Gasteiger partial charge < -0.3 is 33.8 Å². The molecule has 0 aromatic rings. The molecule has 19 heteroatoms. The van der Waals surface area contributed by atoms with Crippen LogP contribution in [-0.2, 0) is 65.4 Å². The number of unbranched alkanes of at least 4 members (excludes halogenated alkanes) is 27. The highest BCUT2D eigenvalue weighted by Gasteiger charge is 2.30. The smallest absolute Gasteiger partial charge is 0.462 e. The number of hydrogen-bond acceptors (Lipinski definition) is 15. The monoisotopic (exact) mass is 1260 g/mol. The van der Waals surface area contributed by atoms with E-state index in [4.69, 9.17) is 37.0 Å². The van der Waals surface area contributed by atoms with Crippen molar-refractivity contribution in [3.63, 3.8) is 0 Å². The summed E-state index contributed by atoms with van der Waals surface area (Å²) in [6.45, 7) is 11.6. The van der Waals surface area contributed by atoms with Crippen LogP contribution >= 0.6 is 15.6 Å². The highest BCUT2D eigenvalue weighted by atomic mass is 31.2. The van der Waals surface area contributed by atoms with Crippen molar-refractivity contribution < 1.29 is 80.2 Å². The SMILES string of the molecule is CCCCCC/C=C\C=C/CCCCCCCC(=O)OC[C@H](COP(=O)(O)OC[C@@H](O)COP(=O)(O)OC[C@@H](COC(=O)CCCCCCCCC(C)CC)OC(=O)CCCCCCCCCCCC(C)C)OC(=O)CCCCCCCCC(C)C. The Morgan fingerprint density at radius 3 is 1.03 bits per heavy atom. The van der Waals surface area contributed by atoms with Gasteiger partial charge in [0.25, 0.3) is 0 Å². The Balaban J connectivity index is 5.26. The van der Waals surface area contributed by atoms with Crippen LogP contribution in [0, 0.1) is 17.8 Å². The van der Waals surface area contributed by atoms with Gasteiger partial charge in [0, 0.05) is 25.7 Å². The fourth-order valence-corrected chi connectivity index (χ4v) is 11.0. The molecule has 0 amide bonds. The first-order valence-electron chi connectivity index (χ1n) is 34.2. The number of rotatable bonds is 63. The zero-order valence-corrected chi connectivity index (χ0v) is 57.0.